The Morgan fingerprint density at radius 2 is 2.07 bits per heavy atom. The summed E-state index contributed by atoms with van der Waals surface area (Å²) in [4.78, 5) is 4.49. The van der Waals surface area contributed by atoms with Gasteiger partial charge in [-0.1, -0.05) is 0 Å². The first kappa shape index (κ1) is 10.8. The van der Waals surface area contributed by atoms with Gasteiger partial charge in [0.1, 0.15) is 0 Å². The van der Waals surface area contributed by atoms with E-state index in [4.69, 9.17) is 0 Å². The molecule has 0 unspecified atom stereocenters. The number of thiazole rings is 1. The Morgan fingerprint density at radius 3 is 2.67 bits per heavy atom. The van der Waals surface area contributed by atoms with Crippen LogP contribution >= 0.6 is 23.1 Å². The number of aromatic nitrogens is 1. The van der Waals surface area contributed by atoms with E-state index < -0.39 is 11.2 Å². The second-order valence-corrected chi connectivity index (χ2v) is 4.76. The average molecular weight is 249 g/mol. The summed E-state index contributed by atoms with van der Waals surface area (Å²) in [7, 11) is 0. The molecule has 2 aromatic rings. The third-order valence-electron chi connectivity index (χ3n) is 1.84. The highest BCUT2D eigenvalue weighted by Gasteiger charge is 2.34. The van der Waals surface area contributed by atoms with Gasteiger partial charge < -0.3 is 0 Å². The molecule has 1 nitrogen and oxygen atoms in total. The van der Waals surface area contributed by atoms with Crippen molar-refractivity contribution in [2.45, 2.75) is 11.1 Å². The number of nitrogens with zero attached hydrogens (tertiary/aromatic N) is 1. The van der Waals surface area contributed by atoms with Crippen molar-refractivity contribution in [1.82, 2.24) is 4.98 Å². The Hall–Kier alpha value is -0.750. The molecule has 0 aliphatic rings. The SMILES string of the molecule is CSc1ccc2nc(C(F)(F)F)sc2c1. The fourth-order valence-corrected chi connectivity index (χ4v) is 2.54. The van der Waals surface area contributed by atoms with E-state index in [-0.39, 0.29) is 0 Å². The summed E-state index contributed by atoms with van der Waals surface area (Å²) in [5, 5.41) is -0.782. The Kier molecular flexibility index (Phi) is 2.64. The summed E-state index contributed by atoms with van der Waals surface area (Å²) in [6.07, 6.45) is -2.46. The van der Waals surface area contributed by atoms with E-state index in [2.05, 4.69) is 4.98 Å². The molecule has 2 rings (SSSR count). The molecule has 1 aromatic heterocycles. The number of thioether (sulfide) groups is 1. The second-order valence-electron chi connectivity index (χ2n) is 2.85. The molecule has 0 N–H and O–H groups in total. The maximum absolute atomic E-state index is 12.4. The lowest BCUT2D eigenvalue weighted by Gasteiger charge is -1.98. The topological polar surface area (TPSA) is 12.9 Å². The van der Waals surface area contributed by atoms with E-state index in [1.165, 1.54) is 11.8 Å². The summed E-state index contributed by atoms with van der Waals surface area (Å²) in [6, 6.07) is 5.12. The van der Waals surface area contributed by atoms with E-state index in [9.17, 15) is 13.2 Å². The summed E-state index contributed by atoms with van der Waals surface area (Å²) in [5.41, 5.74) is 0.408. The van der Waals surface area contributed by atoms with Crippen LogP contribution in [0, 0.1) is 0 Å². The largest absolute Gasteiger partial charge is 0.443 e. The van der Waals surface area contributed by atoms with Crippen LogP contribution in [-0.2, 0) is 6.18 Å². The third-order valence-corrected chi connectivity index (χ3v) is 3.63. The minimum absolute atomic E-state index is 0.408. The number of hydrogen-bond donors (Lipinski definition) is 0. The molecule has 0 atom stereocenters. The monoisotopic (exact) mass is 249 g/mol. The Labute approximate surface area is 92.3 Å². The first-order valence-corrected chi connectivity index (χ1v) is 6.06. The number of alkyl halides is 3. The van der Waals surface area contributed by atoms with Gasteiger partial charge in [-0.25, -0.2) is 4.98 Å². The maximum atomic E-state index is 12.4. The van der Waals surface area contributed by atoms with Crippen LogP contribution in [0.4, 0.5) is 13.2 Å². The molecule has 0 aliphatic carbocycles. The summed E-state index contributed by atoms with van der Waals surface area (Å²) >= 11 is 2.18. The van der Waals surface area contributed by atoms with Crippen LogP contribution in [-0.4, -0.2) is 11.2 Å². The molecule has 0 radical (unpaired) electrons. The van der Waals surface area contributed by atoms with Gasteiger partial charge in [0.2, 0.25) is 0 Å². The predicted octanol–water partition coefficient (Wildman–Crippen LogP) is 4.04. The van der Waals surface area contributed by atoms with Crippen molar-refractivity contribution in [1.29, 1.82) is 0 Å². The number of hydrogen-bond acceptors (Lipinski definition) is 3. The van der Waals surface area contributed by atoms with E-state index in [1.807, 2.05) is 6.26 Å². The summed E-state index contributed by atoms with van der Waals surface area (Å²) in [6.45, 7) is 0. The van der Waals surface area contributed by atoms with Gasteiger partial charge in [-0.3, -0.25) is 0 Å². The van der Waals surface area contributed by atoms with Gasteiger partial charge in [0, 0.05) is 4.90 Å². The van der Waals surface area contributed by atoms with Gasteiger partial charge in [0.15, 0.2) is 5.01 Å². The second kappa shape index (κ2) is 3.68. The molecular formula is C9H6F3NS2. The summed E-state index contributed by atoms with van der Waals surface area (Å²) < 4.78 is 37.6. The van der Waals surface area contributed by atoms with Crippen LogP contribution < -0.4 is 0 Å². The molecule has 0 spiro atoms. The number of fused-ring (bicyclic) bond motifs is 1. The number of halogens is 3. The van der Waals surface area contributed by atoms with Crippen LogP contribution in [0.5, 0.6) is 0 Å². The third kappa shape index (κ3) is 2.10. The highest BCUT2D eigenvalue weighted by atomic mass is 32.2. The highest BCUT2D eigenvalue weighted by Crippen LogP contribution is 2.36. The Bertz CT molecular complexity index is 490. The molecule has 0 bridgehead atoms. The standard InChI is InChI=1S/C9H6F3NS2/c1-14-5-2-3-6-7(4-5)15-8(13-6)9(10,11)12/h2-4H,1H3. The Balaban J connectivity index is 2.56. The molecule has 15 heavy (non-hydrogen) atoms. The fraction of sp³-hybridized carbons (Fsp3) is 0.222. The van der Waals surface area contributed by atoms with Crippen molar-refractivity contribution in [3.05, 3.63) is 23.2 Å². The fourth-order valence-electron chi connectivity index (χ4n) is 1.15. The van der Waals surface area contributed by atoms with Gasteiger partial charge in [-0.2, -0.15) is 13.2 Å². The average Bonchev–Trinajstić information content (AvgIpc) is 2.59. The van der Waals surface area contributed by atoms with Crippen molar-refractivity contribution >= 4 is 33.3 Å². The van der Waals surface area contributed by atoms with Gasteiger partial charge in [-0.05, 0) is 24.5 Å². The lowest BCUT2D eigenvalue weighted by atomic mass is 10.3. The molecule has 80 valence electrons. The van der Waals surface area contributed by atoms with Crippen molar-refractivity contribution in [2.24, 2.45) is 0 Å². The quantitative estimate of drug-likeness (QED) is 0.707. The number of benzene rings is 1. The minimum Gasteiger partial charge on any atom is -0.232 e. The molecule has 0 aliphatic heterocycles. The molecule has 0 fully saturated rings. The predicted molar refractivity (Wildman–Crippen MR) is 56.4 cm³/mol. The molecule has 1 aromatic carbocycles. The normalized spacial score (nSPS) is 12.3. The van der Waals surface area contributed by atoms with Gasteiger partial charge in [0.05, 0.1) is 10.2 Å². The van der Waals surface area contributed by atoms with E-state index in [0.717, 1.165) is 4.90 Å². The molecule has 0 amide bonds. The van der Waals surface area contributed by atoms with Crippen LogP contribution in [0.3, 0.4) is 0 Å². The van der Waals surface area contributed by atoms with Crippen molar-refractivity contribution in [3.63, 3.8) is 0 Å². The minimum atomic E-state index is -4.34. The number of rotatable bonds is 1. The van der Waals surface area contributed by atoms with Crippen molar-refractivity contribution in [3.8, 4) is 0 Å². The van der Waals surface area contributed by atoms with Crippen LogP contribution in [0.25, 0.3) is 10.2 Å². The molecule has 1 heterocycles. The Morgan fingerprint density at radius 1 is 1.33 bits per heavy atom. The van der Waals surface area contributed by atoms with E-state index in [1.54, 1.807) is 18.2 Å². The zero-order valence-electron chi connectivity index (χ0n) is 7.63. The van der Waals surface area contributed by atoms with Gasteiger partial charge >= 0.3 is 6.18 Å². The van der Waals surface area contributed by atoms with Gasteiger partial charge in [0.25, 0.3) is 0 Å². The van der Waals surface area contributed by atoms with Crippen molar-refractivity contribution < 1.29 is 13.2 Å². The summed E-state index contributed by atoms with van der Waals surface area (Å²) in [5.74, 6) is 0. The van der Waals surface area contributed by atoms with E-state index >= 15 is 0 Å². The molecule has 6 heteroatoms. The highest BCUT2D eigenvalue weighted by molar-refractivity contribution is 7.98. The zero-order chi connectivity index (χ0) is 11.1. The zero-order valence-corrected chi connectivity index (χ0v) is 9.26. The van der Waals surface area contributed by atoms with Crippen LogP contribution in [0.15, 0.2) is 23.1 Å². The lowest BCUT2D eigenvalue weighted by molar-refractivity contribution is -0.137. The van der Waals surface area contributed by atoms with Gasteiger partial charge in [-0.15, -0.1) is 23.1 Å². The smallest absolute Gasteiger partial charge is 0.232 e. The molecule has 0 saturated carbocycles. The van der Waals surface area contributed by atoms with E-state index in [0.29, 0.717) is 21.6 Å². The van der Waals surface area contributed by atoms with Crippen molar-refractivity contribution in [2.75, 3.05) is 6.26 Å². The lowest BCUT2D eigenvalue weighted by Crippen LogP contribution is -2.03. The first-order valence-electron chi connectivity index (χ1n) is 4.02. The first-order chi connectivity index (χ1) is 7.00. The van der Waals surface area contributed by atoms with Crippen LogP contribution in [0.1, 0.15) is 5.01 Å². The van der Waals surface area contributed by atoms with Crippen LogP contribution in [0.2, 0.25) is 0 Å². The molecular weight excluding hydrogens is 243 g/mol. The molecule has 0 saturated heterocycles. The maximum Gasteiger partial charge on any atom is 0.443 e.